The van der Waals surface area contributed by atoms with Crippen molar-refractivity contribution in [1.82, 2.24) is 15.0 Å². The van der Waals surface area contributed by atoms with Crippen molar-refractivity contribution in [2.24, 2.45) is 5.73 Å². The topological polar surface area (TPSA) is 134 Å². The number of nitrogens with one attached hydrogen (secondary N) is 1. The van der Waals surface area contributed by atoms with Crippen LogP contribution in [-0.2, 0) is 13.0 Å². The van der Waals surface area contributed by atoms with Crippen LogP contribution in [0, 0.1) is 0 Å². The number of Topliss-reactive ketones (excluding diaryl/α,β-unsaturated/α-hetero) is 1. The number of nitrogens with two attached hydrogens (primary N) is 1. The van der Waals surface area contributed by atoms with Crippen LogP contribution < -0.4 is 16.0 Å². The number of hydrogen-bond acceptors (Lipinski definition) is 8. The molecule has 9 nitrogen and oxygen atoms in total. The number of rotatable bonds is 8. The Morgan fingerprint density at radius 1 is 1.00 bits per heavy atom. The molecule has 4 N–H and O–H groups in total. The van der Waals surface area contributed by atoms with Crippen LogP contribution in [0.15, 0.2) is 61.1 Å². The first-order chi connectivity index (χ1) is 17.5. The van der Waals surface area contributed by atoms with E-state index in [9.17, 15) is 14.7 Å². The zero-order valence-electron chi connectivity index (χ0n) is 19.6. The minimum atomic E-state index is -0.681. The van der Waals surface area contributed by atoms with E-state index in [4.69, 9.17) is 5.73 Å². The highest BCUT2D eigenvalue weighted by Gasteiger charge is 2.16. The second kappa shape index (κ2) is 9.99. The first-order valence-electron chi connectivity index (χ1n) is 11.8. The molecule has 0 unspecified atom stereocenters. The van der Waals surface area contributed by atoms with Gasteiger partial charge in [0.25, 0.3) is 5.91 Å². The summed E-state index contributed by atoms with van der Waals surface area (Å²) in [5.74, 6) is 0.586. The number of ketones is 1. The average molecular weight is 483 g/mol. The summed E-state index contributed by atoms with van der Waals surface area (Å²) in [6.45, 7) is 2.37. The third-order valence-electron chi connectivity index (χ3n) is 6.30. The lowest BCUT2D eigenvalue weighted by molar-refractivity contribution is 0.0988. The van der Waals surface area contributed by atoms with Gasteiger partial charge in [-0.25, -0.2) is 15.0 Å². The van der Waals surface area contributed by atoms with E-state index in [1.165, 1.54) is 18.5 Å². The van der Waals surface area contributed by atoms with E-state index in [1.807, 2.05) is 30.3 Å². The molecule has 0 atom stereocenters. The molecule has 0 bridgehead atoms. The van der Waals surface area contributed by atoms with E-state index in [-0.39, 0.29) is 23.5 Å². The summed E-state index contributed by atoms with van der Waals surface area (Å²) in [5, 5.41) is 13.8. The van der Waals surface area contributed by atoms with E-state index >= 15 is 0 Å². The Bertz CT molecular complexity index is 1450. The molecule has 2 aromatic carbocycles. The number of nitrogens with zero attached hydrogens (tertiary/aromatic N) is 4. The van der Waals surface area contributed by atoms with Crippen LogP contribution in [0.1, 0.15) is 44.7 Å². The van der Waals surface area contributed by atoms with Gasteiger partial charge in [-0.2, -0.15) is 0 Å². The van der Waals surface area contributed by atoms with Crippen molar-refractivity contribution in [2.75, 3.05) is 23.3 Å². The Morgan fingerprint density at radius 3 is 2.61 bits per heavy atom. The van der Waals surface area contributed by atoms with Crippen LogP contribution in [0.5, 0.6) is 5.75 Å². The van der Waals surface area contributed by atoms with Crippen molar-refractivity contribution in [2.45, 2.75) is 25.8 Å². The van der Waals surface area contributed by atoms with Crippen molar-refractivity contribution in [3.05, 3.63) is 83.3 Å². The summed E-state index contributed by atoms with van der Waals surface area (Å²) >= 11 is 0. The van der Waals surface area contributed by atoms with Crippen LogP contribution in [0.3, 0.4) is 0 Å². The van der Waals surface area contributed by atoms with Crippen LogP contribution in [0.2, 0.25) is 0 Å². The number of benzene rings is 2. The number of pyridine rings is 1. The van der Waals surface area contributed by atoms with E-state index in [1.54, 1.807) is 12.3 Å². The maximum Gasteiger partial charge on any atom is 0.251 e. The van der Waals surface area contributed by atoms with E-state index in [0.717, 1.165) is 42.9 Å². The quantitative estimate of drug-likeness (QED) is 0.325. The highest BCUT2D eigenvalue weighted by molar-refractivity contribution is 6.07. The molecular weight excluding hydrogens is 456 g/mol. The van der Waals surface area contributed by atoms with Crippen LogP contribution >= 0.6 is 0 Å². The fourth-order valence-electron chi connectivity index (χ4n) is 4.52. The van der Waals surface area contributed by atoms with Crippen molar-refractivity contribution in [3.63, 3.8) is 0 Å². The molecule has 1 amide bonds. The number of fused-ring (bicyclic) bond motifs is 1. The minimum absolute atomic E-state index is 0.0409. The number of anilines is 2. The molecule has 0 saturated carbocycles. The molecule has 9 heteroatoms. The molecule has 3 heterocycles. The van der Waals surface area contributed by atoms with Gasteiger partial charge >= 0.3 is 0 Å². The van der Waals surface area contributed by atoms with Crippen LogP contribution in [0.25, 0.3) is 10.9 Å². The third-order valence-corrected chi connectivity index (χ3v) is 6.30. The summed E-state index contributed by atoms with van der Waals surface area (Å²) in [6, 6.07) is 14.2. The van der Waals surface area contributed by atoms with Crippen molar-refractivity contribution in [3.8, 4) is 5.75 Å². The van der Waals surface area contributed by atoms with Crippen LogP contribution in [0.4, 0.5) is 11.6 Å². The Hall–Kier alpha value is -4.53. The van der Waals surface area contributed by atoms with Gasteiger partial charge in [0, 0.05) is 43.2 Å². The van der Waals surface area contributed by atoms with Gasteiger partial charge in [0.2, 0.25) is 0 Å². The Kier molecular flexibility index (Phi) is 6.44. The summed E-state index contributed by atoms with van der Waals surface area (Å²) in [7, 11) is 0. The first kappa shape index (κ1) is 23.2. The van der Waals surface area contributed by atoms with E-state index < -0.39 is 5.91 Å². The number of phenolic OH excluding ortho intramolecular Hbond substituents is 1. The summed E-state index contributed by atoms with van der Waals surface area (Å²) in [6.07, 6.45) is 5.63. The van der Waals surface area contributed by atoms with Gasteiger partial charge < -0.3 is 21.1 Å². The summed E-state index contributed by atoms with van der Waals surface area (Å²) < 4.78 is 0. The van der Waals surface area contributed by atoms with Crippen LogP contribution in [-0.4, -0.2) is 44.8 Å². The summed E-state index contributed by atoms with van der Waals surface area (Å²) in [4.78, 5) is 39.8. The van der Waals surface area contributed by atoms with Gasteiger partial charge in [-0.15, -0.1) is 0 Å². The number of carbonyl (C=O) groups is 2. The molecule has 36 heavy (non-hydrogen) atoms. The minimum Gasteiger partial charge on any atom is -0.508 e. The lowest BCUT2D eigenvalue weighted by atomic mass is 10.0. The molecule has 1 fully saturated rings. The molecular formula is C27H26N6O3. The average Bonchev–Trinajstić information content (AvgIpc) is 3.42. The molecule has 1 saturated heterocycles. The highest BCUT2D eigenvalue weighted by atomic mass is 16.3. The predicted molar refractivity (Wildman–Crippen MR) is 137 cm³/mol. The number of aromatic hydroxyl groups is 1. The Balaban J connectivity index is 1.30. The molecule has 2 aromatic heterocycles. The maximum absolute atomic E-state index is 13.0. The number of phenols is 1. The van der Waals surface area contributed by atoms with Gasteiger partial charge in [-0.1, -0.05) is 24.3 Å². The molecule has 0 spiro atoms. The van der Waals surface area contributed by atoms with Crippen molar-refractivity contribution < 1.29 is 14.7 Å². The molecule has 4 aromatic rings. The standard InChI is InChI=1S/C27H26N6O3/c28-26(36)21-13-20(34)14-22-25(21)31-16-32-27(22)30-15-18-5-3-4-17(10-18)11-23(35)19-6-7-29-24(12-19)33-8-1-2-9-33/h3-7,10,12-14,16,34H,1-2,8-9,11,15H2,(H2,28,36)(H,30,31,32). The lowest BCUT2D eigenvalue weighted by Gasteiger charge is -2.16. The normalized spacial score (nSPS) is 13.2. The fraction of sp³-hybridized carbons (Fsp3) is 0.222. The first-order valence-corrected chi connectivity index (χ1v) is 11.8. The zero-order valence-corrected chi connectivity index (χ0v) is 19.6. The van der Waals surface area contributed by atoms with Gasteiger partial charge in [0.1, 0.15) is 23.7 Å². The van der Waals surface area contributed by atoms with E-state index in [2.05, 4.69) is 25.2 Å². The molecule has 0 radical (unpaired) electrons. The van der Waals surface area contributed by atoms with E-state index in [0.29, 0.717) is 28.8 Å². The number of hydrogen-bond donors (Lipinski definition) is 3. The Morgan fingerprint density at radius 2 is 1.81 bits per heavy atom. The Labute approximate surface area is 208 Å². The van der Waals surface area contributed by atoms with Gasteiger partial charge in [0.15, 0.2) is 5.78 Å². The SMILES string of the molecule is NC(=O)c1cc(O)cc2c(NCc3cccc(CC(=O)c4ccnc(N5CCCC5)c4)c3)ncnc12. The maximum atomic E-state index is 13.0. The number of primary amides is 1. The van der Waals surface area contributed by atoms with Crippen molar-refractivity contribution >= 4 is 34.2 Å². The molecule has 1 aliphatic heterocycles. The second-order valence-electron chi connectivity index (χ2n) is 8.85. The molecule has 182 valence electrons. The highest BCUT2D eigenvalue weighted by Crippen LogP contribution is 2.27. The zero-order chi connectivity index (χ0) is 25.1. The smallest absolute Gasteiger partial charge is 0.251 e. The monoisotopic (exact) mass is 482 g/mol. The predicted octanol–water partition coefficient (Wildman–Crippen LogP) is 3.47. The molecule has 1 aliphatic rings. The lowest BCUT2D eigenvalue weighted by Crippen LogP contribution is -2.19. The summed E-state index contributed by atoms with van der Waals surface area (Å²) in [5.41, 5.74) is 8.44. The number of amides is 1. The fourth-order valence-corrected chi connectivity index (χ4v) is 4.52. The van der Waals surface area contributed by atoms with Gasteiger partial charge in [-0.05, 0) is 48.2 Å². The van der Waals surface area contributed by atoms with Crippen molar-refractivity contribution in [1.29, 1.82) is 0 Å². The molecule has 0 aliphatic carbocycles. The number of carbonyl (C=O) groups excluding carboxylic acids is 2. The number of aromatic nitrogens is 3. The second-order valence-corrected chi connectivity index (χ2v) is 8.85. The largest absolute Gasteiger partial charge is 0.508 e. The third kappa shape index (κ3) is 4.95. The van der Waals surface area contributed by atoms with Gasteiger partial charge in [0.05, 0.1) is 11.1 Å². The molecule has 5 rings (SSSR count). The van der Waals surface area contributed by atoms with Gasteiger partial charge in [-0.3, -0.25) is 9.59 Å².